The number of amides is 2. The maximum Gasteiger partial charge on any atom is 0.407 e. The topological polar surface area (TPSA) is 127 Å². The number of aliphatic carboxylic acids is 1. The van der Waals surface area contributed by atoms with Crippen molar-refractivity contribution in [3.8, 4) is 11.1 Å². The van der Waals surface area contributed by atoms with Gasteiger partial charge >= 0.3 is 12.1 Å². The van der Waals surface area contributed by atoms with Crippen molar-refractivity contribution in [3.05, 3.63) is 75.7 Å². The van der Waals surface area contributed by atoms with Crippen LogP contribution in [-0.4, -0.2) is 53.4 Å². The molecule has 1 saturated heterocycles. The fourth-order valence-corrected chi connectivity index (χ4v) is 5.28. The lowest BCUT2D eigenvalue weighted by molar-refractivity contribution is -0.148. The van der Waals surface area contributed by atoms with Gasteiger partial charge in [0.25, 0.3) is 5.91 Å². The summed E-state index contributed by atoms with van der Waals surface area (Å²) in [6.07, 6.45) is 0.208. The molecule has 2 atom stereocenters. The molecule has 1 aliphatic heterocycles. The largest absolute Gasteiger partial charge is 0.479 e. The molecule has 35 heavy (non-hydrogen) atoms. The van der Waals surface area contributed by atoms with Crippen molar-refractivity contribution in [2.24, 2.45) is 0 Å². The highest BCUT2D eigenvalue weighted by atomic mass is 32.1. The van der Waals surface area contributed by atoms with E-state index in [9.17, 15) is 14.4 Å². The van der Waals surface area contributed by atoms with Gasteiger partial charge in [-0.2, -0.15) is 0 Å². The summed E-state index contributed by atoms with van der Waals surface area (Å²) in [6, 6.07) is 15.6. The second-order valence-electron chi connectivity index (χ2n) is 8.30. The van der Waals surface area contributed by atoms with Crippen molar-refractivity contribution >= 4 is 29.3 Å². The van der Waals surface area contributed by atoms with E-state index in [4.69, 9.17) is 14.6 Å². The van der Waals surface area contributed by atoms with Gasteiger partial charge in [-0.3, -0.25) is 4.79 Å². The van der Waals surface area contributed by atoms with Crippen LogP contribution in [0.2, 0.25) is 0 Å². The molecule has 1 fully saturated rings. The summed E-state index contributed by atoms with van der Waals surface area (Å²) in [4.78, 5) is 40.5. The zero-order valence-electron chi connectivity index (χ0n) is 18.6. The summed E-state index contributed by atoms with van der Waals surface area (Å²) in [7, 11) is 0. The van der Waals surface area contributed by atoms with Gasteiger partial charge in [-0.15, -0.1) is 11.3 Å². The number of nitrogens with zero attached hydrogens (tertiary/aromatic N) is 1. The van der Waals surface area contributed by atoms with Gasteiger partial charge in [0.15, 0.2) is 6.10 Å². The number of alkyl carbamates (subject to hydrolysis) is 1. The number of ether oxygens (including phenoxy) is 2. The minimum absolute atomic E-state index is 0.0301. The van der Waals surface area contributed by atoms with E-state index in [1.165, 1.54) is 6.20 Å². The average Bonchev–Trinajstić information content (AvgIpc) is 3.59. The van der Waals surface area contributed by atoms with Gasteiger partial charge < -0.3 is 25.2 Å². The fraction of sp³-hybridized carbons (Fsp3) is 0.280. The predicted octanol–water partition coefficient (Wildman–Crippen LogP) is 3.15. The van der Waals surface area contributed by atoms with Gasteiger partial charge in [0, 0.05) is 12.5 Å². The van der Waals surface area contributed by atoms with Crippen LogP contribution in [0.25, 0.3) is 11.1 Å². The standard InChI is InChI=1S/C25H23N3O6S/c29-23(28-19-9-10-33-22(19)24(30)31)20-11-26-21(35-20)12-27-25(32)34-13-18-16-7-3-1-5-14(16)15-6-2-4-8-17(15)18/h1-8,11,18-19,22H,9-10,12-13H2,(H,27,32)(H,28,29)(H,30,31)/t19-,22+/m1/s1. The molecule has 2 heterocycles. The molecule has 0 bridgehead atoms. The highest BCUT2D eigenvalue weighted by Crippen LogP contribution is 2.44. The Morgan fingerprint density at radius 1 is 1.09 bits per heavy atom. The SMILES string of the molecule is O=C(NCc1ncc(C(=O)N[C@@H]2CCO[C@@H]2C(=O)O)s1)OCC1c2ccccc2-c2ccccc21. The molecule has 180 valence electrons. The molecule has 9 nitrogen and oxygen atoms in total. The number of hydrogen-bond acceptors (Lipinski definition) is 7. The monoisotopic (exact) mass is 493 g/mol. The van der Waals surface area contributed by atoms with E-state index in [0.717, 1.165) is 33.6 Å². The molecule has 3 aromatic rings. The first-order valence-electron chi connectivity index (χ1n) is 11.2. The fourth-order valence-electron chi connectivity index (χ4n) is 4.51. The average molecular weight is 494 g/mol. The molecule has 10 heteroatoms. The van der Waals surface area contributed by atoms with Gasteiger partial charge in [-0.05, 0) is 28.7 Å². The van der Waals surface area contributed by atoms with Gasteiger partial charge in [0.1, 0.15) is 16.5 Å². The van der Waals surface area contributed by atoms with Gasteiger partial charge in [0.05, 0.1) is 18.8 Å². The Bertz CT molecular complexity index is 1230. The van der Waals surface area contributed by atoms with Crippen LogP contribution in [0, 0.1) is 0 Å². The number of carboxylic acids is 1. The molecule has 5 rings (SSSR count). The smallest absolute Gasteiger partial charge is 0.407 e. The predicted molar refractivity (Wildman–Crippen MR) is 127 cm³/mol. The van der Waals surface area contributed by atoms with Crippen molar-refractivity contribution < 1.29 is 29.0 Å². The van der Waals surface area contributed by atoms with Crippen molar-refractivity contribution in [1.29, 1.82) is 0 Å². The van der Waals surface area contributed by atoms with E-state index < -0.39 is 30.1 Å². The molecule has 0 saturated carbocycles. The number of thiazole rings is 1. The Morgan fingerprint density at radius 3 is 2.46 bits per heavy atom. The third kappa shape index (κ3) is 4.75. The van der Waals surface area contributed by atoms with E-state index in [1.54, 1.807) is 0 Å². The molecule has 0 spiro atoms. The second-order valence-corrected chi connectivity index (χ2v) is 9.41. The van der Waals surface area contributed by atoms with Crippen LogP contribution < -0.4 is 10.6 Å². The lowest BCUT2D eigenvalue weighted by atomic mass is 9.98. The quantitative estimate of drug-likeness (QED) is 0.461. The Kier molecular flexibility index (Phi) is 6.47. The summed E-state index contributed by atoms with van der Waals surface area (Å²) in [5.74, 6) is -1.56. The Balaban J connectivity index is 1.14. The Morgan fingerprint density at radius 2 is 1.77 bits per heavy atom. The zero-order chi connectivity index (χ0) is 24.4. The van der Waals surface area contributed by atoms with E-state index in [-0.39, 0.29) is 25.7 Å². The molecule has 0 unspecified atom stereocenters. The summed E-state index contributed by atoms with van der Waals surface area (Å²) >= 11 is 1.12. The molecular formula is C25H23N3O6S. The second kappa shape index (κ2) is 9.85. The third-order valence-electron chi connectivity index (χ3n) is 6.16. The Hall–Kier alpha value is -3.76. The van der Waals surface area contributed by atoms with E-state index in [2.05, 4.69) is 39.9 Å². The van der Waals surface area contributed by atoms with Gasteiger partial charge in [0.2, 0.25) is 0 Å². The number of carboxylic acid groups (broad SMARTS) is 1. The van der Waals surface area contributed by atoms with Gasteiger partial charge in [-0.1, -0.05) is 48.5 Å². The molecule has 3 N–H and O–H groups in total. The van der Waals surface area contributed by atoms with Crippen molar-refractivity contribution in [2.45, 2.75) is 31.0 Å². The number of hydrogen-bond donors (Lipinski definition) is 3. The summed E-state index contributed by atoms with van der Waals surface area (Å²) in [5.41, 5.74) is 4.58. The number of nitrogens with one attached hydrogen (secondary N) is 2. The summed E-state index contributed by atoms with van der Waals surface area (Å²) in [5, 5.41) is 15.1. The first kappa shape index (κ1) is 23.0. The number of carbonyl (C=O) groups is 3. The van der Waals surface area contributed by atoms with Crippen LogP contribution in [0.5, 0.6) is 0 Å². The third-order valence-corrected chi connectivity index (χ3v) is 7.15. The molecule has 0 radical (unpaired) electrons. The van der Waals surface area contributed by atoms with Crippen LogP contribution in [0.3, 0.4) is 0 Å². The van der Waals surface area contributed by atoms with Crippen molar-refractivity contribution in [2.75, 3.05) is 13.2 Å². The molecule has 1 aromatic heterocycles. The normalized spacial score (nSPS) is 18.5. The van der Waals surface area contributed by atoms with Crippen LogP contribution in [0.1, 0.15) is 38.1 Å². The van der Waals surface area contributed by atoms with Crippen LogP contribution in [0.4, 0.5) is 4.79 Å². The molecule has 2 aromatic carbocycles. The van der Waals surface area contributed by atoms with Crippen LogP contribution >= 0.6 is 11.3 Å². The van der Waals surface area contributed by atoms with Crippen molar-refractivity contribution in [3.63, 3.8) is 0 Å². The molecule has 2 aliphatic rings. The Labute approximate surface area is 205 Å². The van der Waals surface area contributed by atoms with E-state index >= 15 is 0 Å². The number of fused-ring (bicyclic) bond motifs is 3. The maximum absolute atomic E-state index is 12.5. The number of rotatable bonds is 7. The summed E-state index contributed by atoms with van der Waals surface area (Å²) in [6.45, 7) is 0.596. The zero-order valence-corrected chi connectivity index (χ0v) is 19.4. The summed E-state index contributed by atoms with van der Waals surface area (Å²) < 4.78 is 10.7. The molecule has 2 amide bonds. The minimum atomic E-state index is -1.11. The van der Waals surface area contributed by atoms with Crippen molar-refractivity contribution in [1.82, 2.24) is 15.6 Å². The first-order valence-corrected chi connectivity index (χ1v) is 12.0. The minimum Gasteiger partial charge on any atom is -0.479 e. The lowest BCUT2D eigenvalue weighted by Gasteiger charge is -2.15. The van der Waals surface area contributed by atoms with E-state index in [1.807, 2.05) is 24.3 Å². The molecular weight excluding hydrogens is 470 g/mol. The highest BCUT2D eigenvalue weighted by molar-refractivity contribution is 7.13. The molecule has 1 aliphatic carbocycles. The number of benzene rings is 2. The lowest BCUT2D eigenvalue weighted by Crippen LogP contribution is -2.43. The van der Waals surface area contributed by atoms with Crippen LogP contribution in [-0.2, 0) is 20.8 Å². The number of aromatic nitrogens is 1. The van der Waals surface area contributed by atoms with Gasteiger partial charge in [-0.25, -0.2) is 14.6 Å². The van der Waals surface area contributed by atoms with E-state index in [0.29, 0.717) is 16.3 Å². The highest BCUT2D eigenvalue weighted by Gasteiger charge is 2.35. The number of carbonyl (C=O) groups excluding carboxylic acids is 2. The first-order chi connectivity index (χ1) is 17.0. The maximum atomic E-state index is 12.5. The van der Waals surface area contributed by atoms with Crippen LogP contribution in [0.15, 0.2) is 54.7 Å².